The zero-order chi connectivity index (χ0) is 13.2. The van der Waals surface area contributed by atoms with Crippen molar-refractivity contribution < 1.29 is 22.8 Å². The second-order valence-corrected chi connectivity index (χ2v) is 3.56. The van der Waals surface area contributed by atoms with Gasteiger partial charge in [-0.2, -0.15) is 0 Å². The lowest BCUT2D eigenvalue weighted by Gasteiger charge is -2.12. The van der Waals surface area contributed by atoms with E-state index in [9.17, 15) is 23.3 Å². The summed E-state index contributed by atoms with van der Waals surface area (Å²) in [6.45, 7) is 1.44. The predicted octanol–water partition coefficient (Wildman–Crippen LogP) is 3.09. The summed E-state index contributed by atoms with van der Waals surface area (Å²) in [5.41, 5.74) is -0.695. The number of nitrogens with zero attached hydrogens (tertiary/aromatic N) is 2. The first-order valence-corrected chi connectivity index (χ1v) is 5.33. The van der Waals surface area contributed by atoms with E-state index in [2.05, 4.69) is 25.7 Å². The fourth-order valence-electron chi connectivity index (χ4n) is 1.16. The molecule has 1 rings (SSSR count). The highest BCUT2D eigenvalue weighted by Crippen LogP contribution is 2.35. The minimum Gasteiger partial charge on any atom is -0.396 e. The van der Waals surface area contributed by atoms with Crippen LogP contribution in [-0.4, -0.2) is 16.3 Å². The van der Waals surface area contributed by atoms with Gasteiger partial charge in [-0.25, -0.2) is 0 Å². The van der Waals surface area contributed by atoms with Gasteiger partial charge in [0.1, 0.15) is 5.69 Å². The lowest BCUT2D eigenvalue weighted by Crippen LogP contribution is -2.19. The maximum Gasteiger partial charge on any atom is 0.573 e. The summed E-state index contributed by atoms with van der Waals surface area (Å²) in [6, 6.07) is 0.924. The molecule has 0 spiro atoms. The van der Waals surface area contributed by atoms with E-state index in [1.165, 1.54) is 6.92 Å². The molecule has 0 amide bonds. The normalized spacial score (nSPS) is 11.4. The van der Waals surface area contributed by atoms with Gasteiger partial charge in [-0.3, -0.25) is 15.1 Å². The molecule has 1 aromatic heterocycles. The van der Waals surface area contributed by atoms with Crippen LogP contribution in [0.4, 0.5) is 18.9 Å². The van der Waals surface area contributed by atoms with Gasteiger partial charge in [0.05, 0.1) is 4.92 Å². The van der Waals surface area contributed by atoms with Gasteiger partial charge in [-0.15, -0.1) is 13.2 Å². The Bertz CT molecular complexity index is 450. The molecule has 17 heavy (non-hydrogen) atoms. The van der Waals surface area contributed by atoms with Crippen molar-refractivity contribution >= 4 is 21.6 Å². The molecule has 5 nitrogen and oxygen atoms in total. The Morgan fingerprint density at radius 2 is 2.18 bits per heavy atom. The van der Waals surface area contributed by atoms with Crippen LogP contribution in [0.25, 0.3) is 0 Å². The fraction of sp³-hybridized carbons (Fsp3) is 0.375. The topological polar surface area (TPSA) is 65.3 Å². The number of rotatable bonds is 3. The van der Waals surface area contributed by atoms with Crippen molar-refractivity contribution in [2.75, 3.05) is 0 Å². The molecular formula is C8H6BrF3N2O3. The molecule has 0 atom stereocenters. The largest absolute Gasteiger partial charge is 0.573 e. The van der Waals surface area contributed by atoms with E-state index in [1.54, 1.807) is 0 Å². The van der Waals surface area contributed by atoms with Gasteiger partial charge >= 0.3 is 12.0 Å². The quantitative estimate of drug-likeness (QED) is 0.488. The number of ether oxygens (including phenoxy) is 1. The lowest BCUT2D eigenvalue weighted by atomic mass is 10.2. The molecule has 0 saturated heterocycles. The van der Waals surface area contributed by atoms with Crippen molar-refractivity contribution in [1.29, 1.82) is 0 Å². The number of hydrogen-bond donors (Lipinski definition) is 0. The zero-order valence-corrected chi connectivity index (χ0v) is 10.0. The number of aryl methyl sites for hydroxylation is 1. The van der Waals surface area contributed by atoms with Crippen LogP contribution in [-0.2, 0) is 5.33 Å². The third kappa shape index (κ3) is 3.55. The average Bonchev–Trinajstić information content (AvgIpc) is 2.17. The Kier molecular flexibility index (Phi) is 3.91. The first kappa shape index (κ1) is 13.7. The summed E-state index contributed by atoms with van der Waals surface area (Å²) >= 11 is 2.90. The third-order valence-electron chi connectivity index (χ3n) is 1.69. The van der Waals surface area contributed by atoms with Gasteiger partial charge in [-0.05, 0) is 6.92 Å². The number of halogens is 4. The second-order valence-electron chi connectivity index (χ2n) is 3.00. The summed E-state index contributed by atoms with van der Waals surface area (Å²) in [5.74, 6) is -0.884. The van der Waals surface area contributed by atoms with Gasteiger partial charge in [0.15, 0.2) is 0 Å². The predicted molar refractivity (Wildman–Crippen MR) is 54.9 cm³/mol. The summed E-state index contributed by atoms with van der Waals surface area (Å²) < 4.78 is 40.0. The Morgan fingerprint density at radius 3 is 2.59 bits per heavy atom. The highest BCUT2D eigenvalue weighted by Gasteiger charge is 2.36. The molecule has 94 valence electrons. The van der Waals surface area contributed by atoms with Crippen LogP contribution in [0, 0.1) is 17.0 Å². The average molecular weight is 315 g/mol. The summed E-state index contributed by atoms with van der Waals surface area (Å²) in [6.07, 6.45) is -5.00. The molecule has 0 N–H and O–H groups in total. The summed E-state index contributed by atoms with van der Waals surface area (Å²) in [7, 11) is 0. The fourth-order valence-corrected chi connectivity index (χ4v) is 1.54. The van der Waals surface area contributed by atoms with Crippen LogP contribution < -0.4 is 4.74 Å². The molecule has 9 heteroatoms. The van der Waals surface area contributed by atoms with Crippen molar-refractivity contribution in [2.45, 2.75) is 18.6 Å². The number of nitro groups is 1. The molecule has 0 aliphatic heterocycles. The van der Waals surface area contributed by atoms with Gasteiger partial charge in [0, 0.05) is 17.1 Å². The number of alkyl halides is 4. The van der Waals surface area contributed by atoms with Crippen LogP contribution in [0.1, 0.15) is 11.4 Å². The SMILES string of the molecule is Cc1cc([N+](=O)[O-])c(OC(F)(F)F)c(CBr)n1. The minimum atomic E-state index is -5.00. The smallest absolute Gasteiger partial charge is 0.396 e. The molecule has 0 aliphatic rings. The monoisotopic (exact) mass is 314 g/mol. The van der Waals surface area contributed by atoms with E-state index in [1.807, 2.05) is 0 Å². The third-order valence-corrected chi connectivity index (χ3v) is 2.22. The molecule has 0 unspecified atom stereocenters. The van der Waals surface area contributed by atoms with Crippen molar-refractivity contribution in [3.63, 3.8) is 0 Å². The molecule has 0 saturated carbocycles. The number of hydrogen-bond acceptors (Lipinski definition) is 4. The summed E-state index contributed by atoms with van der Waals surface area (Å²) in [5, 5.41) is 10.6. The Morgan fingerprint density at radius 1 is 1.59 bits per heavy atom. The highest BCUT2D eigenvalue weighted by atomic mass is 79.9. The van der Waals surface area contributed by atoms with Gasteiger partial charge in [-0.1, -0.05) is 15.9 Å². The first-order valence-electron chi connectivity index (χ1n) is 4.21. The van der Waals surface area contributed by atoms with Crippen LogP contribution in [0.5, 0.6) is 5.75 Å². The highest BCUT2D eigenvalue weighted by molar-refractivity contribution is 9.08. The maximum absolute atomic E-state index is 12.1. The molecule has 0 bridgehead atoms. The van der Waals surface area contributed by atoms with Crippen molar-refractivity contribution in [3.05, 3.63) is 27.6 Å². The molecule has 1 aromatic rings. The number of pyridine rings is 1. The lowest BCUT2D eigenvalue weighted by molar-refractivity contribution is -0.388. The van der Waals surface area contributed by atoms with E-state index < -0.39 is 22.7 Å². The van der Waals surface area contributed by atoms with E-state index in [-0.39, 0.29) is 16.7 Å². The minimum absolute atomic E-state index is 0.0824. The van der Waals surface area contributed by atoms with Gasteiger partial charge in [0.2, 0.25) is 5.75 Å². The number of aromatic nitrogens is 1. The van der Waals surface area contributed by atoms with Crippen LogP contribution in [0.3, 0.4) is 0 Å². The second kappa shape index (κ2) is 4.86. The van der Waals surface area contributed by atoms with E-state index in [4.69, 9.17) is 0 Å². The molecular weight excluding hydrogens is 309 g/mol. The van der Waals surface area contributed by atoms with Crippen LogP contribution in [0.2, 0.25) is 0 Å². The Labute approximate surface area is 102 Å². The van der Waals surface area contributed by atoms with Gasteiger partial charge < -0.3 is 4.74 Å². The molecule has 1 heterocycles. The van der Waals surface area contributed by atoms with Crippen LogP contribution in [0.15, 0.2) is 6.07 Å². The maximum atomic E-state index is 12.1. The van der Waals surface area contributed by atoms with Crippen molar-refractivity contribution in [1.82, 2.24) is 4.98 Å². The van der Waals surface area contributed by atoms with Crippen molar-refractivity contribution in [2.24, 2.45) is 0 Å². The molecule has 0 radical (unpaired) electrons. The zero-order valence-electron chi connectivity index (χ0n) is 8.42. The molecule has 0 aromatic carbocycles. The van der Waals surface area contributed by atoms with E-state index in [0.29, 0.717) is 0 Å². The van der Waals surface area contributed by atoms with E-state index in [0.717, 1.165) is 6.07 Å². The molecule has 0 aliphatic carbocycles. The Hall–Kier alpha value is -1.38. The first-order chi connectivity index (χ1) is 7.74. The van der Waals surface area contributed by atoms with Gasteiger partial charge in [0.25, 0.3) is 0 Å². The van der Waals surface area contributed by atoms with Crippen molar-refractivity contribution in [3.8, 4) is 5.75 Å². The Balaban J connectivity index is 3.37. The standard InChI is InChI=1S/C8H6BrF3N2O3/c1-4-2-6(14(15)16)7(5(3-9)13-4)17-8(10,11)12/h2H,3H2,1H3. The molecule has 0 fully saturated rings. The summed E-state index contributed by atoms with van der Waals surface area (Å²) in [4.78, 5) is 13.4. The van der Waals surface area contributed by atoms with E-state index >= 15 is 0 Å². The van der Waals surface area contributed by atoms with Crippen LogP contribution >= 0.6 is 15.9 Å².